The summed E-state index contributed by atoms with van der Waals surface area (Å²) >= 11 is 2.70. The summed E-state index contributed by atoms with van der Waals surface area (Å²) in [6.45, 7) is 2.44. The lowest BCUT2D eigenvalue weighted by Crippen LogP contribution is -2.24. The Morgan fingerprint density at radius 1 is 1.26 bits per heavy atom. The summed E-state index contributed by atoms with van der Waals surface area (Å²) in [5.41, 5.74) is 4.45. The molecule has 12 heteroatoms. The van der Waals surface area contributed by atoms with Crippen LogP contribution in [-0.4, -0.2) is 39.0 Å². The first kappa shape index (κ1) is 26.6. The lowest BCUT2D eigenvalue weighted by Gasteiger charge is -2.14. The highest BCUT2D eigenvalue weighted by Gasteiger charge is 2.23. The van der Waals surface area contributed by atoms with Gasteiger partial charge in [-0.05, 0) is 62.4 Å². The number of hydrogen-bond acceptors (Lipinski definition) is 9. The summed E-state index contributed by atoms with van der Waals surface area (Å²) in [5, 5.41) is 15.9. The van der Waals surface area contributed by atoms with Crippen molar-refractivity contribution in [3.8, 4) is 11.4 Å². The molecule has 1 amide bonds. The summed E-state index contributed by atoms with van der Waals surface area (Å²) in [6, 6.07) is 13.2. The van der Waals surface area contributed by atoms with Gasteiger partial charge < -0.3 is 4.74 Å². The fourth-order valence-corrected chi connectivity index (χ4v) is 6.54. The van der Waals surface area contributed by atoms with Crippen molar-refractivity contribution >= 4 is 51.1 Å². The van der Waals surface area contributed by atoms with Gasteiger partial charge in [0, 0.05) is 22.6 Å². The number of nitrogens with one attached hydrogen (secondary N) is 1. The summed E-state index contributed by atoms with van der Waals surface area (Å²) in [7, 11) is 0. The second kappa shape index (κ2) is 11.8. The Morgan fingerprint density at radius 2 is 2.05 bits per heavy atom. The van der Waals surface area contributed by atoms with Gasteiger partial charge in [-0.2, -0.15) is 5.10 Å². The quantitative estimate of drug-likeness (QED) is 0.101. The Labute approximate surface area is 231 Å². The van der Waals surface area contributed by atoms with Gasteiger partial charge >= 0.3 is 0 Å². The minimum atomic E-state index is -0.496. The van der Waals surface area contributed by atoms with Gasteiger partial charge in [-0.15, -0.1) is 11.3 Å². The third-order valence-electron chi connectivity index (χ3n) is 6.18. The van der Waals surface area contributed by atoms with Gasteiger partial charge in [-0.25, -0.2) is 10.4 Å². The van der Waals surface area contributed by atoms with E-state index in [1.165, 1.54) is 23.2 Å². The van der Waals surface area contributed by atoms with Gasteiger partial charge in [0.05, 0.1) is 34.6 Å². The highest BCUT2D eigenvalue weighted by molar-refractivity contribution is 7.99. The van der Waals surface area contributed by atoms with Crippen LogP contribution >= 0.6 is 23.1 Å². The summed E-state index contributed by atoms with van der Waals surface area (Å²) < 4.78 is 7.11. The fraction of sp³-hybridized carbons (Fsp3) is 0.259. The minimum Gasteiger partial charge on any atom is -0.494 e. The molecule has 0 atom stereocenters. The maximum absolute atomic E-state index is 13.9. The molecule has 0 unspecified atom stereocenters. The van der Waals surface area contributed by atoms with E-state index in [2.05, 4.69) is 10.5 Å². The highest BCUT2D eigenvalue weighted by Crippen LogP contribution is 2.35. The molecule has 2 heterocycles. The van der Waals surface area contributed by atoms with Crippen molar-refractivity contribution in [1.82, 2.24) is 15.0 Å². The van der Waals surface area contributed by atoms with E-state index in [1.54, 1.807) is 28.0 Å². The average molecular weight is 564 g/mol. The molecule has 0 radical (unpaired) electrons. The number of thiophene rings is 1. The van der Waals surface area contributed by atoms with E-state index in [0.29, 0.717) is 39.0 Å². The molecule has 1 aliphatic rings. The number of nitro groups is 1. The van der Waals surface area contributed by atoms with Gasteiger partial charge in [-0.1, -0.05) is 23.9 Å². The van der Waals surface area contributed by atoms with Crippen LogP contribution in [0.1, 0.15) is 35.8 Å². The molecule has 0 bridgehead atoms. The van der Waals surface area contributed by atoms with Crippen LogP contribution in [0.3, 0.4) is 0 Å². The highest BCUT2D eigenvalue weighted by atomic mass is 32.2. The molecule has 0 aliphatic heterocycles. The van der Waals surface area contributed by atoms with Gasteiger partial charge in [0.25, 0.3) is 17.2 Å². The monoisotopic (exact) mass is 563 g/mol. The molecule has 10 nitrogen and oxygen atoms in total. The van der Waals surface area contributed by atoms with Crippen molar-refractivity contribution in [3.05, 3.63) is 85.0 Å². The Bertz CT molecular complexity index is 1630. The zero-order valence-corrected chi connectivity index (χ0v) is 22.7. The van der Waals surface area contributed by atoms with E-state index in [0.717, 1.165) is 43.0 Å². The van der Waals surface area contributed by atoms with E-state index in [-0.39, 0.29) is 17.0 Å². The number of thioether (sulfide) groups is 1. The number of hydrazone groups is 1. The normalized spacial score (nSPS) is 12.9. The number of hydrogen-bond donors (Lipinski definition) is 1. The summed E-state index contributed by atoms with van der Waals surface area (Å²) in [5.74, 6) is 0.262. The maximum Gasteiger partial charge on any atom is 0.270 e. The SMILES string of the molecule is CCOc1ccc(-n2c(SCC(=O)NN=Cc3cccc([N+](=O)[O-])c3)nc3sc4c(c3c2=O)CCCC4)cc1. The Kier molecular flexibility index (Phi) is 8.03. The van der Waals surface area contributed by atoms with Crippen molar-refractivity contribution in [2.45, 2.75) is 37.8 Å². The molecule has 2 aromatic carbocycles. The fourth-order valence-electron chi connectivity index (χ4n) is 4.43. The maximum atomic E-state index is 13.9. The van der Waals surface area contributed by atoms with Crippen LogP contribution in [-0.2, 0) is 17.6 Å². The van der Waals surface area contributed by atoms with Crippen LogP contribution in [0.15, 0.2) is 63.6 Å². The second-order valence-corrected chi connectivity index (χ2v) is 10.8. The largest absolute Gasteiger partial charge is 0.494 e. The summed E-state index contributed by atoms with van der Waals surface area (Å²) in [4.78, 5) is 43.6. The molecular formula is C27H25N5O5S2. The Morgan fingerprint density at radius 3 is 2.82 bits per heavy atom. The first-order valence-corrected chi connectivity index (χ1v) is 14.2. The van der Waals surface area contributed by atoms with Crippen LogP contribution in [0.5, 0.6) is 5.75 Å². The van der Waals surface area contributed by atoms with E-state index in [1.807, 2.05) is 31.2 Å². The molecule has 39 heavy (non-hydrogen) atoms. The van der Waals surface area contributed by atoms with Crippen molar-refractivity contribution in [2.24, 2.45) is 5.10 Å². The van der Waals surface area contributed by atoms with Crippen LogP contribution in [0.4, 0.5) is 5.69 Å². The zero-order chi connectivity index (χ0) is 27.4. The third-order valence-corrected chi connectivity index (χ3v) is 8.30. The van der Waals surface area contributed by atoms with Crippen LogP contribution in [0.25, 0.3) is 15.9 Å². The smallest absolute Gasteiger partial charge is 0.270 e. The summed E-state index contributed by atoms with van der Waals surface area (Å²) in [6.07, 6.45) is 5.31. The topological polar surface area (TPSA) is 129 Å². The molecule has 0 fully saturated rings. The van der Waals surface area contributed by atoms with E-state index in [9.17, 15) is 19.7 Å². The van der Waals surface area contributed by atoms with Gasteiger partial charge in [0.15, 0.2) is 5.16 Å². The lowest BCUT2D eigenvalue weighted by molar-refractivity contribution is -0.384. The molecule has 1 aliphatic carbocycles. The molecule has 5 rings (SSSR count). The molecule has 200 valence electrons. The minimum absolute atomic E-state index is 0.0354. The Hall–Kier alpha value is -4.03. The number of amides is 1. The van der Waals surface area contributed by atoms with Crippen molar-refractivity contribution < 1.29 is 14.5 Å². The van der Waals surface area contributed by atoms with Crippen molar-refractivity contribution in [2.75, 3.05) is 12.4 Å². The molecule has 4 aromatic rings. The third kappa shape index (κ3) is 5.86. The van der Waals surface area contributed by atoms with Gasteiger partial charge in [-0.3, -0.25) is 24.3 Å². The predicted molar refractivity (Wildman–Crippen MR) is 153 cm³/mol. The average Bonchev–Trinajstić information content (AvgIpc) is 3.32. The predicted octanol–water partition coefficient (Wildman–Crippen LogP) is 4.88. The second-order valence-electron chi connectivity index (χ2n) is 8.79. The first-order valence-electron chi connectivity index (χ1n) is 12.4. The number of nitro benzene ring substituents is 1. The number of carbonyl (C=O) groups is 1. The number of fused-ring (bicyclic) bond motifs is 3. The standard InChI is InChI=1S/C27H25N5O5S2/c1-2-37-20-12-10-18(11-13-20)31-26(34)24-21-8-3-4-9-22(21)39-25(24)29-27(31)38-16-23(33)30-28-15-17-6-5-7-19(14-17)32(35)36/h5-7,10-15H,2-4,8-9,16H2,1H3,(H,30,33). The van der Waals surface area contributed by atoms with E-state index < -0.39 is 10.8 Å². The number of aromatic nitrogens is 2. The molecule has 0 saturated carbocycles. The van der Waals surface area contributed by atoms with Gasteiger partial charge in [0.1, 0.15) is 10.6 Å². The van der Waals surface area contributed by atoms with Crippen LogP contribution in [0, 0.1) is 10.1 Å². The molecule has 0 saturated heterocycles. The van der Waals surface area contributed by atoms with Crippen LogP contribution < -0.4 is 15.7 Å². The van der Waals surface area contributed by atoms with Gasteiger partial charge in [0.2, 0.25) is 0 Å². The van der Waals surface area contributed by atoms with Crippen molar-refractivity contribution in [3.63, 3.8) is 0 Å². The number of rotatable bonds is 9. The number of carbonyl (C=O) groups excluding carboxylic acids is 1. The lowest BCUT2D eigenvalue weighted by atomic mass is 9.97. The number of nitrogens with zero attached hydrogens (tertiary/aromatic N) is 4. The molecule has 1 N–H and O–H groups in total. The van der Waals surface area contributed by atoms with Crippen molar-refractivity contribution in [1.29, 1.82) is 0 Å². The number of benzene rings is 2. The zero-order valence-electron chi connectivity index (χ0n) is 21.1. The van der Waals surface area contributed by atoms with E-state index in [4.69, 9.17) is 9.72 Å². The number of ether oxygens (including phenoxy) is 1. The van der Waals surface area contributed by atoms with E-state index >= 15 is 0 Å². The van der Waals surface area contributed by atoms with Crippen LogP contribution in [0.2, 0.25) is 0 Å². The Balaban J connectivity index is 1.40. The number of aryl methyl sites for hydroxylation is 2. The molecule has 0 spiro atoms. The number of non-ortho nitro benzene ring substituents is 1. The first-order chi connectivity index (χ1) is 18.9. The molecule has 2 aromatic heterocycles. The molecular weight excluding hydrogens is 538 g/mol.